The van der Waals surface area contributed by atoms with Gasteiger partial charge in [0.15, 0.2) is 0 Å². The number of alkyl halides is 3. The molecule has 3 nitrogen and oxygen atoms in total. The first-order valence-electron chi connectivity index (χ1n) is 6.11. The zero-order chi connectivity index (χ0) is 14.3. The maximum Gasteiger partial charge on any atom is 0.392 e. The van der Waals surface area contributed by atoms with Gasteiger partial charge in [-0.3, -0.25) is 0 Å². The molecule has 1 aromatic carbocycles. The minimum Gasteiger partial charge on any atom is -0.493 e. The van der Waals surface area contributed by atoms with Gasteiger partial charge in [0.25, 0.3) is 0 Å². The Hall–Kier alpha value is -1.43. The van der Waals surface area contributed by atoms with Gasteiger partial charge in [0.1, 0.15) is 11.5 Å². The van der Waals surface area contributed by atoms with Gasteiger partial charge in [-0.2, -0.15) is 13.2 Å². The van der Waals surface area contributed by atoms with Gasteiger partial charge in [-0.05, 0) is 12.5 Å². The summed E-state index contributed by atoms with van der Waals surface area (Å²) >= 11 is 0. The molecule has 0 amide bonds. The van der Waals surface area contributed by atoms with Crippen LogP contribution in [0.4, 0.5) is 13.2 Å². The van der Waals surface area contributed by atoms with Crippen molar-refractivity contribution in [3.05, 3.63) is 23.8 Å². The highest BCUT2D eigenvalue weighted by Crippen LogP contribution is 2.26. The summed E-state index contributed by atoms with van der Waals surface area (Å²) in [5, 5.41) is 0. The molecule has 0 aliphatic heterocycles. The zero-order valence-corrected chi connectivity index (χ0v) is 10.8. The minimum absolute atomic E-state index is 0.204. The van der Waals surface area contributed by atoms with Crippen LogP contribution in [0.2, 0.25) is 0 Å². The Morgan fingerprint density at radius 2 is 1.89 bits per heavy atom. The van der Waals surface area contributed by atoms with E-state index >= 15 is 0 Å². The molecule has 0 fully saturated rings. The van der Waals surface area contributed by atoms with Crippen molar-refractivity contribution in [3.63, 3.8) is 0 Å². The van der Waals surface area contributed by atoms with Crippen molar-refractivity contribution < 1.29 is 22.6 Å². The normalized spacial score (nSPS) is 11.4. The van der Waals surface area contributed by atoms with Gasteiger partial charge in [-0.1, -0.05) is 13.0 Å². The first kappa shape index (κ1) is 15.6. The third-order valence-corrected chi connectivity index (χ3v) is 2.37. The molecule has 108 valence electrons. The van der Waals surface area contributed by atoms with Crippen LogP contribution < -0.4 is 15.2 Å². The molecule has 2 N–H and O–H groups in total. The lowest BCUT2D eigenvalue weighted by molar-refractivity contribution is -0.139. The second-order valence-electron chi connectivity index (χ2n) is 4.04. The Balaban J connectivity index is 2.67. The molecule has 0 heterocycles. The Morgan fingerprint density at radius 1 is 1.16 bits per heavy atom. The van der Waals surface area contributed by atoms with E-state index in [2.05, 4.69) is 0 Å². The molecule has 0 saturated heterocycles. The van der Waals surface area contributed by atoms with E-state index in [1.165, 1.54) is 0 Å². The Kier molecular flexibility index (Phi) is 5.95. The third-order valence-electron chi connectivity index (χ3n) is 2.37. The van der Waals surface area contributed by atoms with E-state index in [1.807, 2.05) is 6.92 Å². The summed E-state index contributed by atoms with van der Waals surface area (Å²) in [5.74, 6) is 0.918. The molecule has 0 atom stereocenters. The van der Waals surface area contributed by atoms with Crippen molar-refractivity contribution in [2.75, 3.05) is 13.2 Å². The van der Waals surface area contributed by atoms with Crippen LogP contribution in [-0.4, -0.2) is 19.4 Å². The number of hydrogen-bond donors (Lipinski definition) is 1. The number of hydrogen-bond acceptors (Lipinski definition) is 3. The predicted octanol–water partition coefficient (Wildman–Crippen LogP) is 3.27. The van der Waals surface area contributed by atoms with E-state index in [0.29, 0.717) is 23.7 Å². The van der Waals surface area contributed by atoms with Gasteiger partial charge >= 0.3 is 6.18 Å². The summed E-state index contributed by atoms with van der Waals surface area (Å²) in [7, 11) is 0. The molecule has 1 rings (SSSR count). The van der Waals surface area contributed by atoms with Gasteiger partial charge < -0.3 is 15.2 Å². The fraction of sp³-hybridized carbons (Fsp3) is 0.538. The van der Waals surface area contributed by atoms with Crippen LogP contribution in [0.3, 0.4) is 0 Å². The van der Waals surface area contributed by atoms with Crippen LogP contribution in [0.15, 0.2) is 18.2 Å². The van der Waals surface area contributed by atoms with Crippen LogP contribution in [-0.2, 0) is 6.54 Å². The maximum atomic E-state index is 12.1. The lowest BCUT2D eigenvalue weighted by atomic mass is 10.2. The molecule has 19 heavy (non-hydrogen) atoms. The Bertz CT molecular complexity index is 394. The summed E-state index contributed by atoms with van der Waals surface area (Å²) in [6.45, 7) is 2.29. The SMILES string of the molecule is CCCOc1ccc(CN)c(OCCC(F)(F)F)c1. The molecule has 0 aliphatic rings. The van der Waals surface area contributed by atoms with Crippen molar-refractivity contribution in [1.82, 2.24) is 0 Å². The average molecular weight is 277 g/mol. The Morgan fingerprint density at radius 3 is 2.47 bits per heavy atom. The smallest absolute Gasteiger partial charge is 0.392 e. The summed E-state index contributed by atoms with van der Waals surface area (Å²) in [6, 6.07) is 5.01. The van der Waals surface area contributed by atoms with Gasteiger partial charge in [-0.25, -0.2) is 0 Å². The van der Waals surface area contributed by atoms with Crippen molar-refractivity contribution in [2.45, 2.75) is 32.5 Å². The molecule has 0 radical (unpaired) electrons. The van der Waals surface area contributed by atoms with E-state index in [1.54, 1.807) is 18.2 Å². The van der Waals surface area contributed by atoms with Gasteiger partial charge in [0.2, 0.25) is 0 Å². The van der Waals surface area contributed by atoms with E-state index in [4.69, 9.17) is 15.2 Å². The molecule has 0 saturated carbocycles. The van der Waals surface area contributed by atoms with Crippen LogP contribution in [0, 0.1) is 0 Å². The molecule has 1 aromatic rings. The lowest BCUT2D eigenvalue weighted by Crippen LogP contribution is -2.14. The highest BCUT2D eigenvalue weighted by Gasteiger charge is 2.27. The highest BCUT2D eigenvalue weighted by molar-refractivity contribution is 5.40. The molecule has 0 unspecified atom stereocenters. The molecule has 0 aromatic heterocycles. The molecule has 0 bridgehead atoms. The van der Waals surface area contributed by atoms with Crippen LogP contribution in [0.5, 0.6) is 11.5 Å². The molecular formula is C13H18F3NO2. The largest absolute Gasteiger partial charge is 0.493 e. The van der Waals surface area contributed by atoms with Gasteiger partial charge in [0.05, 0.1) is 19.6 Å². The van der Waals surface area contributed by atoms with E-state index < -0.39 is 19.2 Å². The van der Waals surface area contributed by atoms with Crippen molar-refractivity contribution in [2.24, 2.45) is 5.73 Å². The third kappa shape index (κ3) is 5.83. The number of benzene rings is 1. The second kappa shape index (κ2) is 7.23. The number of rotatable bonds is 7. The van der Waals surface area contributed by atoms with Crippen LogP contribution in [0.25, 0.3) is 0 Å². The van der Waals surface area contributed by atoms with Crippen LogP contribution >= 0.6 is 0 Å². The van der Waals surface area contributed by atoms with E-state index in [9.17, 15) is 13.2 Å². The van der Waals surface area contributed by atoms with Gasteiger partial charge in [0, 0.05) is 18.2 Å². The van der Waals surface area contributed by atoms with Crippen molar-refractivity contribution in [1.29, 1.82) is 0 Å². The number of halogens is 3. The zero-order valence-electron chi connectivity index (χ0n) is 10.8. The summed E-state index contributed by atoms with van der Waals surface area (Å²) in [5.41, 5.74) is 6.17. The monoisotopic (exact) mass is 277 g/mol. The quantitative estimate of drug-likeness (QED) is 0.832. The molecule has 0 spiro atoms. The highest BCUT2D eigenvalue weighted by atomic mass is 19.4. The average Bonchev–Trinajstić information content (AvgIpc) is 2.35. The fourth-order valence-electron chi connectivity index (χ4n) is 1.42. The standard InChI is InChI=1S/C13H18F3NO2/c1-2-6-18-11-4-3-10(9-17)12(8-11)19-7-5-13(14,15)16/h3-4,8H,2,5-7,9,17H2,1H3. The van der Waals surface area contributed by atoms with Crippen molar-refractivity contribution >= 4 is 0 Å². The Labute approximate surface area is 110 Å². The first-order chi connectivity index (χ1) is 8.96. The first-order valence-corrected chi connectivity index (χ1v) is 6.11. The number of nitrogens with two attached hydrogens (primary N) is 1. The minimum atomic E-state index is -4.22. The fourth-order valence-corrected chi connectivity index (χ4v) is 1.42. The summed E-state index contributed by atoms with van der Waals surface area (Å²) in [4.78, 5) is 0. The van der Waals surface area contributed by atoms with Crippen molar-refractivity contribution in [3.8, 4) is 11.5 Å². The predicted molar refractivity (Wildman–Crippen MR) is 66.3 cm³/mol. The molecule has 0 aliphatic carbocycles. The summed E-state index contributed by atoms with van der Waals surface area (Å²) in [6.07, 6.45) is -4.36. The van der Waals surface area contributed by atoms with E-state index in [0.717, 1.165) is 6.42 Å². The number of ether oxygens (including phenoxy) is 2. The second-order valence-corrected chi connectivity index (χ2v) is 4.04. The molecular weight excluding hydrogens is 259 g/mol. The lowest BCUT2D eigenvalue weighted by Gasteiger charge is -2.13. The summed E-state index contributed by atoms with van der Waals surface area (Å²) < 4.78 is 46.7. The maximum absolute atomic E-state index is 12.1. The van der Waals surface area contributed by atoms with E-state index in [-0.39, 0.29) is 6.54 Å². The van der Waals surface area contributed by atoms with Gasteiger partial charge in [-0.15, -0.1) is 0 Å². The van der Waals surface area contributed by atoms with Crippen LogP contribution in [0.1, 0.15) is 25.3 Å². The molecule has 6 heteroatoms. The topological polar surface area (TPSA) is 44.5 Å².